The average Bonchev–Trinajstić information content (AvgIpc) is 3.21. The van der Waals surface area contributed by atoms with Crippen molar-refractivity contribution in [2.75, 3.05) is 24.5 Å². The number of phenols is 1. The number of aromatic nitrogens is 2. The highest BCUT2D eigenvalue weighted by atomic mass is 19.1. The van der Waals surface area contributed by atoms with Crippen LogP contribution < -0.4 is 10.2 Å². The SMILES string of the molecule is O=C(NCCc1c[nH]c2cc(F)ccc12)C1CCN(c2ccc3cccc(O)c3n2)CC1. The first-order chi connectivity index (χ1) is 15.6. The molecule has 2 aromatic heterocycles. The van der Waals surface area contributed by atoms with Gasteiger partial charge >= 0.3 is 0 Å². The zero-order valence-electron chi connectivity index (χ0n) is 17.6. The fourth-order valence-electron chi connectivity index (χ4n) is 4.50. The topological polar surface area (TPSA) is 81.2 Å². The van der Waals surface area contributed by atoms with Crippen LogP contribution in [0.5, 0.6) is 5.75 Å². The van der Waals surface area contributed by atoms with Crippen LogP contribution in [-0.2, 0) is 11.2 Å². The number of benzene rings is 2. The Labute approximate surface area is 185 Å². The third kappa shape index (κ3) is 3.98. The summed E-state index contributed by atoms with van der Waals surface area (Å²) in [5.41, 5.74) is 2.44. The predicted molar refractivity (Wildman–Crippen MR) is 123 cm³/mol. The molecular formula is C25H25FN4O2. The highest BCUT2D eigenvalue weighted by molar-refractivity contribution is 5.86. The molecule has 0 aliphatic carbocycles. The van der Waals surface area contributed by atoms with Crippen LogP contribution in [0.4, 0.5) is 10.2 Å². The number of aromatic hydroxyl groups is 1. The Morgan fingerprint density at radius 2 is 2.03 bits per heavy atom. The number of piperidine rings is 1. The third-order valence-corrected chi connectivity index (χ3v) is 6.30. The minimum Gasteiger partial charge on any atom is -0.506 e. The number of pyridine rings is 1. The van der Waals surface area contributed by atoms with Gasteiger partial charge in [0.1, 0.15) is 22.9 Å². The van der Waals surface area contributed by atoms with Crippen LogP contribution in [0.1, 0.15) is 18.4 Å². The van der Waals surface area contributed by atoms with Crippen molar-refractivity contribution in [3.05, 3.63) is 66.1 Å². The molecule has 0 unspecified atom stereocenters. The molecule has 5 rings (SSSR count). The number of hydrogen-bond acceptors (Lipinski definition) is 4. The normalized spacial score (nSPS) is 14.8. The number of amides is 1. The molecule has 0 radical (unpaired) electrons. The fraction of sp³-hybridized carbons (Fsp3) is 0.280. The van der Waals surface area contributed by atoms with E-state index in [4.69, 9.17) is 0 Å². The number of fused-ring (bicyclic) bond motifs is 2. The molecule has 6 nitrogen and oxygen atoms in total. The molecule has 1 aliphatic heterocycles. The maximum Gasteiger partial charge on any atom is 0.223 e. The monoisotopic (exact) mass is 432 g/mol. The van der Waals surface area contributed by atoms with Gasteiger partial charge in [-0.25, -0.2) is 9.37 Å². The van der Waals surface area contributed by atoms with Crippen LogP contribution in [-0.4, -0.2) is 40.6 Å². The van der Waals surface area contributed by atoms with Crippen molar-refractivity contribution in [2.45, 2.75) is 19.3 Å². The standard InChI is InChI=1S/C25H25FN4O2/c26-19-5-6-20-18(15-28-21(20)14-19)8-11-27-25(32)17-9-12-30(13-10-17)23-7-4-16-2-1-3-22(31)24(16)29-23/h1-7,14-15,17,28,31H,8-13H2,(H,27,32). The van der Waals surface area contributed by atoms with Crippen molar-refractivity contribution in [3.63, 3.8) is 0 Å². The minimum absolute atomic E-state index is 0.0165. The first kappa shape index (κ1) is 20.3. The van der Waals surface area contributed by atoms with E-state index in [0.29, 0.717) is 18.5 Å². The van der Waals surface area contributed by atoms with Crippen molar-refractivity contribution in [2.24, 2.45) is 5.92 Å². The molecule has 1 aliphatic rings. The van der Waals surface area contributed by atoms with Gasteiger partial charge in [0.25, 0.3) is 0 Å². The molecule has 7 heteroatoms. The number of para-hydroxylation sites is 1. The Bertz CT molecular complexity index is 1280. The van der Waals surface area contributed by atoms with E-state index in [9.17, 15) is 14.3 Å². The number of phenolic OH excluding ortho intramolecular Hbond substituents is 1. The molecule has 1 fully saturated rings. The number of aromatic amines is 1. The maximum atomic E-state index is 13.3. The van der Waals surface area contributed by atoms with E-state index in [1.165, 1.54) is 12.1 Å². The van der Waals surface area contributed by atoms with Crippen molar-refractivity contribution in [1.29, 1.82) is 0 Å². The van der Waals surface area contributed by atoms with Gasteiger partial charge in [-0.05, 0) is 61.2 Å². The Morgan fingerprint density at radius 3 is 2.88 bits per heavy atom. The van der Waals surface area contributed by atoms with Crippen LogP contribution in [0.25, 0.3) is 21.8 Å². The van der Waals surface area contributed by atoms with Gasteiger partial charge in [-0.15, -0.1) is 0 Å². The summed E-state index contributed by atoms with van der Waals surface area (Å²) < 4.78 is 13.3. The Morgan fingerprint density at radius 1 is 1.19 bits per heavy atom. The Balaban J connectivity index is 1.15. The summed E-state index contributed by atoms with van der Waals surface area (Å²) in [6.45, 7) is 2.05. The highest BCUT2D eigenvalue weighted by Gasteiger charge is 2.25. The summed E-state index contributed by atoms with van der Waals surface area (Å²) in [6, 6.07) is 14.0. The number of nitrogens with zero attached hydrogens (tertiary/aromatic N) is 2. The molecular weight excluding hydrogens is 407 g/mol. The summed E-state index contributed by atoms with van der Waals surface area (Å²) in [5, 5.41) is 15.0. The number of carbonyl (C=O) groups is 1. The number of rotatable bonds is 5. The number of halogens is 1. The van der Waals surface area contributed by atoms with E-state index in [1.54, 1.807) is 12.1 Å². The molecule has 0 saturated carbocycles. The number of anilines is 1. The van der Waals surface area contributed by atoms with Crippen molar-refractivity contribution in [1.82, 2.24) is 15.3 Å². The van der Waals surface area contributed by atoms with Gasteiger partial charge in [0, 0.05) is 48.0 Å². The molecule has 3 N–H and O–H groups in total. The summed E-state index contributed by atoms with van der Waals surface area (Å²) in [7, 11) is 0. The molecule has 1 amide bonds. The van der Waals surface area contributed by atoms with E-state index in [0.717, 1.165) is 53.6 Å². The first-order valence-electron chi connectivity index (χ1n) is 11.0. The second-order valence-corrected chi connectivity index (χ2v) is 8.32. The predicted octanol–water partition coefficient (Wildman–Crippen LogP) is 4.14. The zero-order chi connectivity index (χ0) is 22.1. The average molecular weight is 432 g/mol. The third-order valence-electron chi connectivity index (χ3n) is 6.30. The van der Waals surface area contributed by atoms with Crippen LogP contribution in [0, 0.1) is 11.7 Å². The van der Waals surface area contributed by atoms with E-state index in [1.807, 2.05) is 30.5 Å². The van der Waals surface area contributed by atoms with Crippen molar-refractivity contribution >= 4 is 33.5 Å². The van der Waals surface area contributed by atoms with Crippen LogP contribution in [0.3, 0.4) is 0 Å². The van der Waals surface area contributed by atoms with Crippen LogP contribution in [0.15, 0.2) is 54.7 Å². The summed E-state index contributed by atoms with van der Waals surface area (Å²) in [4.78, 5) is 22.5. The molecule has 2 aromatic carbocycles. The first-order valence-corrected chi connectivity index (χ1v) is 11.0. The highest BCUT2D eigenvalue weighted by Crippen LogP contribution is 2.28. The summed E-state index contributed by atoms with van der Waals surface area (Å²) in [6.07, 6.45) is 4.10. The van der Waals surface area contributed by atoms with Crippen molar-refractivity contribution in [3.8, 4) is 5.75 Å². The van der Waals surface area contributed by atoms with Crippen LogP contribution >= 0.6 is 0 Å². The van der Waals surface area contributed by atoms with Gasteiger partial charge in [0.05, 0.1) is 0 Å². The largest absolute Gasteiger partial charge is 0.506 e. The van der Waals surface area contributed by atoms with Crippen LogP contribution in [0.2, 0.25) is 0 Å². The van der Waals surface area contributed by atoms with E-state index in [-0.39, 0.29) is 23.4 Å². The Kier molecular flexibility index (Phi) is 5.39. The lowest BCUT2D eigenvalue weighted by Gasteiger charge is -2.32. The molecule has 0 bridgehead atoms. The van der Waals surface area contributed by atoms with E-state index >= 15 is 0 Å². The van der Waals surface area contributed by atoms with Gasteiger partial charge in [0.15, 0.2) is 0 Å². The van der Waals surface area contributed by atoms with E-state index < -0.39 is 0 Å². The second-order valence-electron chi connectivity index (χ2n) is 8.32. The lowest BCUT2D eigenvalue weighted by Crippen LogP contribution is -2.41. The molecule has 164 valence electrons. The molecule has 0 spiro atoms. The number of hydrogen-bond donors (Lipinski definition) is 3. The molecule has 3 heterocycles. The van der Waals surface area contributed by atoms with Gasteiger partial charge in [-0.2, -0.15) is 0 Å². The summed E-state index contributed by atoms with van der Waals surface area (Å²) >= 11 is 0. The Hall–Kier alpha value is -3.61. The molecule has 0 atom stereocenters. The minimum atomic E-state index is -0.263. The number of nitrogens with one attached hydrogen (secondary N) is 2. The molecule has 4 aromatic rings. The molecule has 1 saturated heterocycles. The quantitative estimate of drug-likeness (QED) is 0.443. The number of H-pyrrole nitrogens is 1. The fourth-order valence-corrected chi connectivity index (χ4v) is 4.50. The lowest BCUT2D eigenvalue weighted by atomic mass is 9.95. The second kappa shape index (κ2) is 8.49. The van der Waals surface area contributed by atoms with Gasteiger partial charge in [-0.3, -0.25) is 4.79 Å². The van der Waals surface area contributed by atoms with Gasteiger partial charge < -0.3 is 20.3 Å². The van der Waals surface area contributed by atoms with E-state index in [2.05, 4.69) is 20.2 Å². The molecule has 32 heavy (non-hydrogen) atoms. The smallest absolute Gasteiger partial charge is 0.223 e. The van der Waals surface area contributed by atoms with Gasteiger partial charge in [-0.1, -0.05) is 12.1 Å². The lowest BCUT2D eigenvalue weighted by molar-refractivity contribution is -0.125. The maximum absolute atomic E-state index is 13.3. The van der Waals surface area contributed by atoms with Gasteiger partial charge in [0.2, 0.25) is 5.91 Å². The number of carbonyl (C=O) groups excluding carboxylic acids is 1. The summed E-state index contributed by atoms with van der Waals surface area (Å²) in [5.74, 6) is 0.811. The zero-order valence-corrected chi connectivity index (χ0v) is 17.6. The van der Waals surface area contributed by atoms with Crippen molar-refractivity contribution < 1.29 is 14.3 Å².